The van der Waals surface area contributed by atoms with E-state index in [0.717, 1.165) is 11.6 Å². The number of carboxylic acids is 2. The van der Waals surface area contributed by atoms with Crippen molar-refractivity contribution < 1.29 is 28.2 Å². The Balaban J connectivity index is 0.000000243. The van der Waals surface area contributed by atoms with Gasteiger partial charge in [0.1, 0.15) is 0 Å². The average molecular weight is 351 g/mol. The molecule has 0 heterocycles. The van der Waals surface area contributed by atoms with Crippen LogP contribution in [0.5, 0.6) is 0 Å². The van der Waals surface area contributed by atoms with E-state index in [0.29, 0.717) is 5.56 Å². The van der Waals surface area contributed by atoms with Gasteiger partial charge in [-0.2, -0.15) is 0 Å². The predicted molar refractivity (Wildman–Crippen MR) is 87.6 cm³/mol. The van der Waals surface area contributed by atoms with Gasteiger partial charge in [-0.25, -0.2) is 23.1 Å². The molecule has 0 spiro atoms. The molecular weight excluding hydrogens is 334 g/mol. The smallest absolute Gasteiger partial charge is 0.335 e. The third-order valence-electron chi connectivity index (χ3n) is 2.92. The Morgan fingerprint density at radius 3 is 1.58 bits per heavy atom. The van der Waals surface area contributed by atoms with Crippen LogP contribution in [0.3, 0.4) is 0 Å². The Morgan fingerprint density at radius 2 is 1.25 bits per heavy atom. The summed E-state index contributed by atoms with van der Waals surface area (Å²) in [6, 6.07) is 10.4. The zero-order valence-electron chi connectivity index (χ0n) is 13.1. The summed E-state index contributed by atoms with van der Waals surface area (Å²) in [5.41, 5.74) is 1.63. The third-order valence-corrected chi connectivity index (χ3v) is 3.85. The molecule has 0 bridgehead atoms. The molecule has 24 heavy (non-hydrogen) atoms. The molecule has 128 valence electrons. The van der Waals surface area contributed by atoms with E-state index in [1.165, 1.54) is 24.3 Å². The van der Waals surface area contributed by atoms with Crippen molar-refractivity contribution in [3.8, 4) is 0 Å². The van der Waals surface area contributed by atoms with Crippen molar-refractivity contribution >= 4 is 22.0 Å². The number of hydrogen-bond donors (Lipinski definition) is 3. The van der Waals surface area contributed by atoms with Crippen molar-refractivity contribution in [2.75, 3.05) is 0 Å². The van der Waals surface area contributed by atoms with E-state index in [2.05, 4.69) is 0 Å². The lowest BCUT2D eigenvalue weighted by molar-refractivity contribution is 0.0696. The Labute approximate surface area is 139 Å². The van der Waals surface area contributed by atoms with Crippen molar-refractivity contribution in [2.24, 2.45) is 5.14 Å². The van der Waals surface area contributed by atoms with Gasteiger partial charge in [0.25, 0.3) is 0 Å². The average Bonchev–Trinajstić information content (AvgIpc) is 2.46. The fourth-order valence-electron chi connectivity index (χ4n) is 1.76. The molecule has 2 aromatic carbocycles. The van der Waals surface area contributed by atoms with Gasteiger partial charge in [-0.15, -0.1) is 0 Å². The molecule has 0 fully saturated rings. The first kappa shape index (κ1) is 19.3. The second-order valence-corrected chi connectivity index (χ2v) is 6.62. The molecule has 0 unspecified atom stereocenters. The maximum absolute atomic E-state index is 10.7. The Hall–Kier alpha value is -2.71. The first-order valence-electron chi connectivity index (χ1n) is 6.68. The van der Waals surface area contributed by atoms with Crippen LogP contribution in [0.15, 0.2) is 47.4 Å². The van der Waals surface area contributed by atoms with Crippen LogP contribution < -0.4 is 5.14 Å². The summed E-state index contributed by atoms with van der Waals surface area (Å²) in [5, 5.41) is 22.1. The number of rotatable bonds is 3. The zero-order valence-corrected chi connectivity index (χ0v) is 13.9. The first-order chi connectivity index (χ1) is 11.0. The Morgan fingerprint density at radius 1 is 0.833 bits per heavy atom. The molecule has 8 heteroatoms. The molecule has 0 aromatic heterocycles. The summed E-state index contributed by atoms with van der Waals surface area (Å²) in [6.07, 6.45) is 0. The van der Waals surface area contributed by atoms with Gasteiger partial charge in [-0.05, 0) is 49.7 Å². The van der Waals surface area contributed by atoms with Crippen molar-refractivity contribution in [3.05, 3.63) is 64.7 Å². The standard InChI is InChI=1S/C9H8O4.C7H9NO2S/c1-5-2-6(8(10)11)4-7(3-5)9(12)13;1-6-2-4-7(5-3-6)11(8,9)10/h2-4H,1H3,(H,10,11)(H,12,13);2-5H,1H3,(H2,8,9,10). The maximum atomic E-state index is 10.7. The van der Waals surface area contributed by atoms with Gasteiger partial charge in [-0.3, -0.25) is 0 Å². The molecule has 0 saturated carbocycles. The summed E-state index contributed by atoms with van der Waals surface area (Å²) in [6.45, 7) is 3.53. The fraction of sp³-hybridized carbons (Fsp3) is 0.125. The van der Waals surface area contributed by atoms with Gasteiger partial charge in [0.05, 0.1) is 16.0 Å². The molecule has 0 aliphatic heterocycles. The van der Waals surface area contributed by atoms with Crippen LogP contribution >= 0.6 is 0 Å². The number of hydrogen-bond acceptors (Lipinski definition) is 4. The predicted octanol–water partition coefficient (Wildman–Crippen LogP) is 2.03. The Kier molecular flexibility index (Phi) is 6.21. The summed E-state index contributed by atoms with van der Waals surface area (Å²) in [7, 11) is -3.52. The molecule has 2 aromatic rings. The van der Waals surface area contributed by atoms with Crippen molar-refractivity contribution in [3.63, 3.8) is 0 Å². The minimum Gasteiger partial charge on any atom is -0.478 e. The van der Waals surface area contributed by atoms with Crippen LogP contribution in [0.4, 0.5) is 0 Å². The lowest BCUT2D eigenvalue weighted by Crippen LogP contribution is -2.11. The number of carbonyl (C=O) groups is 2. The van der Waals surface area contributed by atoms with Crippen molar-refractivity contribution in [1.82, 2.24) is 0 Å². The van der Waals surface area contributed by atoms with Gasteiger partial charge >= 0.3 is 11.9 Å². The number of aryl methyl sites for hydroxylation is 2. The van der Waals surface area contributed by atoms with Crippen molar-refractivity contribution in [2.45, 2.75) is 18.7 Å². The minimum absolute atomic E-state index is 0.00241. The Bertz CT molecular complexity index is 824. The lowest BCUT2D eigenvalue weighted by atomic mass is 10.1. The largest absolute Gasteiger partial charge is 0.478 e. The maximum Gasteiger partial charge on any atom is 0.335 e. The molecule has 0 saturated heterocycles. The van der Waals surface area contributed by atoms with E-state index in [4.69, 9.17) is 15.4 Å². The number of sulfonamides is 1. The van der Waals surface area contributed by atoms with E-state index in [-0.39, 0.29) is 16.0 Å². The first-order valence-corrected chi connectivity index (χ1v) is 8.23. The summed E-state index contributed by atoms with van der Waals surface area (Å²) >= 11 is 0. The lowest BCUT2D eigenvalue weighted by Gasteiger charge is -1.99. The minimum atomic E-state index is -3.52. The number of primary sulfonamides is 1. The van der Waals surface area contributed by atoms with Crippen LogP contribution in [0.2, 0.25) is 0 Å². The molecule has 0 aliphatic carbocycles. The number of carboxylic acid groups (broad SMARTS) is 2. The molecule has 0 aliphatic rings. The highest BCUT2D eigenvalue weighted by Crippen LogP contribution is 2.09. The number of nitrogens with two attached hydrogens (primary N) is 1. The second kappa shape index (κ2) is 7.71. The van der Waals surface area contributed by atoms with Gasteiger partial charge < -0.3 is 10.2 Å². The summed E-state index contributed by atoms with van der Waals surface area (Å²) in [5.74, 6) is -2.24. The molecule has 4 N–H and O–H groups in total. The van der Waals surface area contributed by atoms with Crippen LogP contribution in [0.1, 0.15) is 31.8 Å². The van der Waals surface area contributed by atoms with Crippen LogP contribution in [0.25, 0.3) is 0 Å². The third kappa shape index (κ3) is 5.82. The van der Waals surface area contributed by atoms with Crippen LogP contribution in [0, 0.1) is 13.8 Å². The van der Waals surface area contributed by atoms with Gasteiger partial charge in [0, 0.05) is 0 Å². The van der Waals surface area contributed by atoms with Crippen molar-refractivity contribution in [1.29, 1.82) is 0 Å². The molecule has 0 radical (unpaired) electrons. The van der Waals surface area contributed by atoms with E-state index in [1.54, 1.807) is 19.1 Å². The molecule has 2 rings (SSSR count). The zero-order chi connectivity index (χ0) is 18.5. The second-order valence-electron chi connectivity index (χ2n) is 5.06. The highest BCUT2D eigenvalue weighted by atomic mass is 32.2. The normalized spacial score (nSPS) is 10.5. The van der Waals surface area contributed by atoms with Crippen LogP contribution in [-0.4, -0.2) is 30.6 Å². The topological polar surface area (TPSA) is 135 Å². The number of aromatic carboxylic acids is 2. The monoisotopic (exact) mass is 351 g/mol. The van der Waals surface area contributed by atoms with E-state index >= 15 is 0 Å². The molecular formula is C16H17NO6S. The van der Waals surface area contributed by atoms with Gasteiger partial charge in [0.2, 0.25) is 10.0 Å². The van der Waals surface area contributed by atoms with E-state index < -0.39 is 22.0 Å². The number of benzene rings is 2. The quantitative estimate of drug-likeness (QED) is 0.774. The summed E-state index contributed by atoms with van der Waals surface area (Å²) < 4.78 is 21.4. The van der Waals surface area contributed by atoms with Gasteiger partial charge in [-0.1, -0.05) is 17.7 Å². The fourth-order valence-corrected chi connectivity index (χ4v) is 2.27. The molecule has 7 nitrogen and oxygen atoms in total. The highest BCUT2D eigenvalue weighted by Gasteiger charge is 2.09. The van der Waals surface area contributed by atoms with E-state index in [9.17, 15) is 18.0 Å². The van der Waals surface area contributed by atoms with Crippen LogP contribution in [-0.2, 0) is 10.0 Å². The SMILES string of the molecule is Cc1cc(C(=O)O)cc(C(=O)O)c1.Cc1ccc(S(N)(=O)=O)cc1. The van der Waals surface area contributed by atoms with Gasteiger partial charge in [0.15, 0.2) is 0 Å². The summed E-state index contributed by atoms with van der Waals surface area (Å²) in [4.78, 5) is 21.2. The van der Waals surface area contributed by atoms with E-state index in [1.807, 2.05) is 6.92 Å². The molecule has 0 atom stereocenters. The molecule has 0 amide bonds. The highest BCUT2D eigenvalue weighted by molar-refractivity contribution is 7.89.